The Balaban J connectivity index is 1.61. The van der Waals surface area contributed by atoms with Crippen LogP contribution < -0.4 is 19.1 Å². The van der Waals surface area contributed by atoms with Crippen molar-refractivity contribution in [1.82, 2.24) is 9.97 Å². The normalized spacial score (nSPS) is 10.6. The quantitative estimate of drug-likeness (QED) is 0.0904. The smallest absolute Gasteiger partial charge is 0.249 e. The zero-order chi connectivity index (χ0) is 29.6. The summed E-state index contributed by atoms with van der Waals surface area (Å²) >= 11 is 0. The van der Waals surface area contributed by atoms with Gasteiger partial charge in [-0.15, -0.1) is 0 Å². The maximum Gasteiger partial charge on any atom is 0.249 e. The first-order valence-electron chi connectivity index (χ1n) is 12.4. The summed E-state index contributed by atoms with van der Waals surface area (Å²) in [7, 11) is -0.170. The molecule has 0 unspecified atom stereocenters. The first kappa shape index (κ1) is 27.9. The Morgan fingerprint density at radius 3 is 2.14 bits per heavy atom. The molecule has 0 fully saturated rings. The molecule has 0 spiro atoms. The van der Waals surface area contributed by atoms with E-state index in [1.807, 2.05) is 6.07 Å². The van der Waals surface area contributed by atoms with Gasteiger partial charge in [0.1, 0.15) is 11.5 Å². The number of fused-ring (bicyclic) bond motifs is 1. The number of hydrogen-bond donors (Lipinski definition) is 2. The van der Waals surface area contributed by atoms with Crippen molar-refractivity contribution in [2.24, 2.45) is 5.11 Å². The minimum Gasteiger partial charge on any atom is -0.497 e. The number of amides is 1. The van der Waals surface area contributed by atoms with E-state index >= 15 is 0 Å². The van der Waals surface area contributed by atoms with E-state index in [-0.39, 0.29) is 17.2 Å². The number of carbonyl (C=O) groups excluding carboxylic acids is 1. The van der Waals surface area contributed by atoms with Crippen LogP contribution in [-0.2, 0) is 10.9 Å². The molecule has 1 aromatic heterocycles. The number of rotatable bonds is 9. The Morgan fingerprint density at radius 2 is 1.52 bits per heavy atom. The van der Waals surface area contributed by atoms with Crippen molar-refractivity contribution in [1.29, 1.82) is 0 Å². The predicted octanol–water partition coefficient (Wildman–Crippen LogP) is 6.17. The van der Waals surface area contributed by atoms with Crippen LogP contribution in [-0.4, -0.2) is 38.5 Å². The molecule has 13 heteroatoms. The van der Waals surface area contributed by atoms with Gasteiger partial charge >= 0.3 is 0 Å². The van der Waals surface area contributed by atoms with E-state index < -0.39 is 16.8 Å². The van der Waals surface area contributed by atoms with Crippen molar-refractivity contribution < 1.29 is 22.7 Å². The number of nitrogens with one attached hydrogen (secondary N) is 1. The van der Waals surface area contributed by atoms with E-state index in [1.165, 1.54) is 26.4 Å². The fraction of sp³-hybridized carbons (Fsp3) is 0.0690. The second-order valence-electron chi connectivity index (χ2n) is 8.78. The Kier molecular flexibility index (Phi) is 8.14. The second-order valence-corrected chi connectivity index (χ2v) is 9.66. The first-order valence-corrected chi connectivity index (χ1v) is 13.5. The molecule has 4 aromatic carbocycles. The highest BCUT2D eigenvalue weighted by Crippen LogP contribution is 2.36. The van der Waals surface area contributed by atoms with Crippen LogP contribution in [0.3, 0.4) is 0 Å². The van der Waals surface area contributed by atoms with Crippen molar-refractivity contribution in [3.63, 3.8) is 0 Å². The van der Waals surface area contributed by atoms with Gasteiger partial charge in [-0.25, -0.2) is 22.7 Å². The van der Waals surface area contributed by atoms with Crippen molar-refractivity contribution in [2.75, 3.05) is 23.8 Å². The largest absolute Gasteiger partial charge is 0.497 e. The number of azide groups is 1. The maximum atomic E-state index is 12.8. The molecular weight excluding hydrogens is 558 g/mol. The number of thiol groups is 1. The van der Waals surface area contributed by atoms with Gasteiger partial charge in [-0.2, -0.15) is 0 Å². The topological polar surface area (TPSA) is 159 Å². The third-order valence-electron chi connectivity index (χ3n) is 6.22. The highest BCUT2D eigenvalue weighted by molar-refractivity contribution is 7.74. The Morgan fingerprint density at radius 1 is 0.857 bits per heavy atom. The Bertz CT molecular complexity index is 1890. The van der Waals surface area contributed by atoms with E-state index in [9.17, 15) is 13.2 Å². The van der Waals surface area contributed by atoms with Crippen molar-refractivity contribution in [2.45, 2.75) is 0 Å². The molecule has 0 saturated heterocycles. The van der Waals surface area contributed by atoms with Crippen LogP contribution in [0.5, 0.6) is 11.5 Å². The molecule has 1 N–H and O–H groups in total. The maximum absolute atomic E-state index is 12.8. The zero-order valence-electron chi connectivity index (χ0n) is 22.3. The van der Waals surface area contributed by atoms with Gasteiger partial charge in [0.25, 0.3) is 0 Å². The number of carbonyl (C=O) groups is 1. The van der Waals surface area contributed by atoms with E-state index in [0.29, 0.717) is 45.0 Å². The van der Waals surface area contributed by atoms with Gasteiger partial charge in [0.15, 0.2) is 11.6 Å². The summed E-state index contributed by atoms with van der Waals surface area (Å²) in [6.45, 7) is 0. The molecule has 0 aliphatic rings. The van der Waals surface area contributed by atoms with Gasteiger partial charge < -0.3 is 14.8 Å². The van der Waals surface area contributed by atoms with Crippen LogP contribution in [0, 0.1) is 0 Å². The standard InChI is InChI=1S/C29H23N7O5S/c1-40-23-15-21(16-24(17-23)41-2)31-27-28(33-26-9-4-3-8-25(26)32-27)36(42(38)39)22-7-5-6-20(14-22)18-10-12-19(13-11-18)29(37)34-35-30/h3-17,42H,1-2H3,(H,31,32). The molecule has 5 rings (SSSR count). The summed E-state index contributed by atoms with van der Waals surface area (Å²) in [5, 5.41) is 6.29. The third kappa shape index (κ3) is 5.92. The van der Waals surface area contributed by atoms with Crippen LogP contribution in [0.2, 0.25) is 0 Å². The number of aromatic nitrogens is 2. The predicted molar refractivity (Wildman–Crippen MR) is 160 cm³/mol. The summed E-state index contributed by atoms with van der Waals surface area (Å²) < 4.78 is 37.5. The molecule has 0 atom stereocenters. The van der Waals surface area contributed by atoms with Crippen LogP contribution >= 0.6 is 0 Å². The van der Waals surface area contributed by atoms with Crippen molar-refractivity contribution in [3.8, 4) is 22.6 Å². The van der Waals surface area contributed by atoms with E-state index in [2.05, 4.69) is 20.3 Å². The molecule has 0 radical (unpaired) electrons. The summed E-state index contributed by atoms with van der Waals surface area (Å²) in [4.78, 5) is 23.8. The summed E-state index contributed by atoms with van der Waals surface area (Å²) in [5.41, 5.74) is 12.1. The zero-order valence-corrected chi connectivity index (χ0v) is 23.2. The number of methoxy groups -OCH3 is 2. The van der Waals surface area contributed by atoms with Gasteiger partial charge in [-0.05, 0) is 46.0 Å². The number of ether oxygens (including phenoxy) is 2. The fourth-order valence-electron chi connectivity index (χ4n) is 4.25. The number of hydrogen-bond acceptors (Lipinski definition) is 8. The van der Waals surface area contributed by atoms with Gasteiger partial charge in [0, 0.05) is 34.4 Å². The molecule has 0 aliphatic heterocycles. The lowest BCUT2D eigenvalue weighted by Crippen LogP contribution is -2.18. The lowest BCUT2D eigenvalue weighted by molar-refractivity contribution is 0.100. The highest BCUT2D eigenvalue weighted by Gasteiger charge is 2.21. The SMILES string of the molecule is COc1cc(Nc2nc3ccccc3nc2N(c2cccc(-c3ccc(C(=O)N=[N+]=[N-])cc3)c2)[SH](=O)=O)cc(OC)c1. The Labute approximate surface area is 241 Å². The molecule has 5 aromatic rings. The first-order chi connectivity index (χ1) is 20.4. The minimum atomic E-state index is -3.23. The molecule has 42 heavy (non-hydrogen) atoms. The number of nitrogens with zero attached hydrogens (tertiary/aromatic N) is 6. The van der Waals surface area contributed by atoms with Crippen LogP contribution in [0.4, 0.5) is 23.0 Å². The summed E-state index contributed by atoms with van der Waals surface area (Å²) in [6.07, 6.45) is 0. The molecule has 12 nitrogen and oxygen atoms in total. The van der Waals surface area contributed by atoms with E-state index in [4.69, 9.17) is 20.0 Å². The molecule has 0 bridgehead atoms. The third-order valence-corrected chi connectivity index (χ3v) is 6.97. The van der Waals surface area contributed by atoms with E-state index in [0.717, 1.165) is 4.31 Å². The minimum absolute atomic E-state index is 0.0547. The van der Waals surface area contributed by atoms with Crippen LogP contribution in [0.25, 0.3) is 32.6 Å². The lowest BCUT2D eigenvalue weighted by atomic mass is 10.0. The number of para-hydroxylation sites is 2. The van der Waals surface area contributed by atoms with Gasteiger partial charge in [0.05, 0.1) is 30.9 Å². The van der Waals surface area contributed by atoms with Crippen LogP contribution in [0.1, 0.15) is 10.4 Å². The van der Waals surface area contributed by atoms with Crippen molar-refractivity contribution >= 4 is 50.8 Å². The summed E-state index contributed by atoms with van der Waals surface area (Å²) in [6, 6.07) is 25.6. The summed E-state index contributed by atoms with van der Waals surface area (Å²) in [5.74, 6) is 0.599. The molecule has 0 saturated carbocycles. The van der Waals surface area contributed by atoms with Gasteiger partial charge in [0.2, 0.25) is 16.8 Å². The van der Waals surface area contributed by atoms with E-state index in [1.54, 1.807) is 72.8 Å². The van der Waals surface area contributed by atoms with Crippen LogP contribution in [0.15, 0.2) is 96.1 Å². The molecule has 1 heterocycles. The average Bonchev–Trinajstić information content (AvgIpc) is 3.01. The second kappa shape index (κ2) is 12.3. The molecule has 0 aliphatic carbocycles. The average molecular weight is 582 g/mol. The van der Waals surface area contributed by atoms with Gasteiger partial charge in [-0.3, -0.25) is 4.79 Å². The molecule has 1 amide bonds. The molecular formula is C29H23N7O5S. The highest BCUT2D eigenvalue weighted by atomic mass is 32.2. The van der Waals surface area contributed by atoms with Crippen molar-refractivity contribution in [3.05, 3.63) is 107 Å². The Hall–Kier alpha value is -5.65. The fourth-order valence-corrected chi connectivity index (χ4v) is 4.86. The van der Waals surface area contributed by atoms with Gasteiger partial charge in [-0.1, -0.05) is 48.5 Å². The molecule has 210 valence electrons. The number of anilines is 4. The lowest BCUT2D eigenvalue weighted by Gasteiger charge is -2.21. The monoisotopic (exact) mass is 581 g/mol. The number of benzene rings is 4.